The SMILES string of the molecule is Cc1onc(OCC(C)C)c1COc1ccc(C(=O)NC(C)C)cn1. The molecule has 136 valence electrons. The Morgan fingerprint density at radius 2 is 2.00 bits per heavy atom. The van der Waals surface area contributed by atoms with E-state index in [0.29, 0.717) is 35.6 Å². The van der Waals surface area contributed by atoms with Crippen molar-refractivity contribution in [3.8, 4) is 11.8 Å². The molecule has 0 aromatic carbocycles. The van der Waals surface area contributed by atoms with Crippen LogP contribution in [0.3, 0.4) is 0 Å². The normalized spacial score (nSPS) is 11.0. The number of aromatic nitrogens is 2. The third-order valence-corrected chi connectivity index (χ3v) is 3.28. The topological polar surface area (TPSA) is 86.5 Å². The number of amides is 1. The van der Waals surface area contributed by atoms with E-state index in [-0.39, 0.29) is 18.6 Å². The minimum absolute atomic E-state index is 0.0734. The van der Waals surface area contributed by atoms with Gasteiger partial charge in [0.2, 0.25) is 5.88 Å². The summed E-state index contributed by atoms with van der Waals surface area (Å²) in [5.74, 6) is 1.73. The second-order valence-electron chi connectivity index (χ2n) is 6.53. The molecule has 2 rings (SSSR count). The molecule has 0 aliphatic heterocycles. The summed E-state index contributed by atoms with van der Waals surface area (Å²) in [5, 5.41) is 6.73. The number of nitrogens with zero attached hydrogens (tertiary/aromatic N) is 2. The van der Waals surface area contributed by atoms with Crippen molar-refractivity contribution < 1.29 is 18.8 Å². The zero-order valence-electron chi connectivity index (χ0n) is 15.3. The molecule has 2 aromatic rings. The van der Waals surface area contributed by atoms with E-state index in [1.54, 1.807) is 19.1 Å². The predicted octanol–water partition coefficient (Wildman–Crippen LogP) is 3.13. The van der Waals surface area contributed by atoms with E-state index in [2.05, 4.69) is 29.3 Å². The maximum absolute atomic E-state index is 11.9. The van der Waals surface area contributed by atoms with Crippen molar-refractivity contribution in [1.29, 1.82) is 0 Å². The van der Waals surface area contributed by atoms with E-state index < -0.39 is 0 Å². The summed E-state index contributed by atoms with van der Waals surface area (Å²) in [7, 11) is 0. The van der Waals surface area contributed by atoms with Gasteiger partial charge in [-0.15, -0.1) is 0 Å². The molecule has 0 bridgehead atoms. The molecule has 0 aliphatic carbocycles. The van der Waals surface area contributed by atoms with E-state index in [1.807, 2.05) is 13.8 Å². The van der Waals surface area contributed by atoms with Crippen LogP contribution < -0.4 is 14.8 Å². The molecule has 7 heteroatoms. The number of hydrogen-bond donors (Lipinski definition) is 1. The molecule has 0 unspecified atom stereocenters. The highest BCUT2D eigenvalue weighted by Gasteiger charge is 2.16. The lowest BCUT2D eigenvalue weighted by Crippen LogP contribution is -2.30. The average Bonchev–Trinajstić information content (AvgIpc) is 2.91. The van der Waals surface area contributed by atoms with Crippen molar-refractivity contribution in [3.05, 3.63) is 35.2 Å². The molecule has 0 spiro atoms. The number of ether oxygens (including phenoxy) is 2. The Labute approximate surface area is 147 Å². The largest absolute Gasteiger partial charge is 0.475 e. The second kappa shape index (κ2) is 8.50. The lowest BCUT2D eigenvalue weighted by Gasteiger charge is -2.10. The molecule has 1 amide bonds. The van der Waals surface area contributed by atoms with E-state index in [9.17, 15) is 4.79 Å². The lowest BCUT2D eigenvalue weighted by molar-refractivity contribution is 0.0942. The highest BCUT2D eigenvalue weighted by molar-refractivity contribution is 5.94. The fourth-order valence-electron chi connectivity index (χ4n) is 1.98. The first-order valence-corrected chi connectivity index (χ1v) is 8.34. The van der Waals surface area contributed by atoms with Gasteiger partial charge in [0, 0.05) is 18.3 Å². The Morgan fingerprint density at radius 1 is 1.24 bits per heavy atom. The standard InChI is InChI=1S/C18H25N3O4/c1-11(2)9-24-18-15(13(5)25-21-18)10-23-16-7-6-14(8-19-16)17(22)20-12(3)4/h6-8,11-12H,9-10H2,1-5H3,(H,20,22). The Hall–Kier alpha value is -2.57. The van der Waals surface area contributed by atoms with Gasteiger partial charge in [0.15, 0.2) is 0 Å². The van der Waals surface area contributed by atoms with E-state index >= 15 is 0 Å². The molecule has 0 aliphatic rings. The highest BCUT2D eigenvalue weighted by Crippen LogP contribution is 2.23. The summed E-state index contributed by atoms with van der Waals surface area (Å²) in [6.07, 6.45) is 1.49. The van der Waals surface area contributed by atoms with Crippen molar-refractivity contribution >= 4 is 5.91 Å². The Morgan fingerprint density at radius 3 is 2.60 bits per heavy atom. The molecule has 0 radical (unpaired) electrons. The summed E-state index contributed by atoms with van der Waals surface area (Å²) in [4.78, 5) is 16.1. The fourth-order valence-corrected chi connectivity index (χ4v) is 1.98. The summed E-state index contributed by atoms with van der Waals surface area (Å²) in [5.41, 5.74) is 1.24. The monoisotopic (exact) mass is 347 g/mol. The van der Waals surface area contributed by atoms with E-state index in [4.69, 9.17) is 14.0 Å². The highest BCUT2D eigenvalue weighted by atomic mass is 16.5. The summed E-state index contributed by atoms with van der Waals surface area (Å²) in [6.45, 7) is 10.5. The van der Waals surface area contributed by atoms with Gasteiger partial charge in [0.1, 0.15) is 12.4 Å². The number of nitrogens with one attached hydrogen (secondary N) is 1. The second-order valence-corrected chi connectivity index (χ2v) is 6.53. The Bertz CT molecular complexity index is 693. The fraction of sp³-hybridized carbons (Fsp3) is 0.500. The number of aryl methyl sites for hydroxylation is 1. The molecule has 2 aromatic heterocycles. The Kier molecular flexibility index (Phi) is 6.38. The maximum atomic E-state index is 11.9. The van der Waals surface area contributed by atoms with Crippen LogP contribution in [-0.4, -0.2) is 28.7 Å². The van der Waals surface area contributed by atoms with Crippen LogP contribution in [0.5, 0.6) is 11.8 Å². The quantitative estimate of drug-likeness (QED) is 0.789. The first-order valence-electron chi connectivity index (χ1n) is 8.34. The van der Waals surface area contributed by atoms with Crippen molar-refractivity contribution in [1.82, 2.24) is 15.5 Å². The van der Waals surface area contributed by atoms with Crippen LogP contribution in [0.2, 0.25) is 0 Å². The molecule has 25 heavy (non-hydrogen) atoms. The van der Waals surface area contributed by atoms with Gasteiger partial charge in [-0.25, -0.2) is 4.98 Å². The molecule has 2 heterocycles. The predicted molar refractivity (Wildman–Crippen MR) is 92.7 cm³/mol. The first-order chi connectivity index (χ1) is 11.9. The Balaban J connectivity index is 1.97. The van der Waals surface area contributed by atoms with Crippen LogP contribution in [0.4, 0.5) is 0 Å². The van der Waals surface area contributed by atoms with Gasteiger partial charge in [0.05, 0.1) is 17.7 Å². The van der Waals surface area contributed by atoms with Crippen LogP contribution in [0, 0.1) is 12.8 Å². The lowest BCUT2D eigenvalue weighted by atomic mass is 10.2. The first kappa shape index (κ1) is 18.8. The molecule has 7 nitrogen and oxygen atoms in total. The van der Waals surface area contributed by atoms with Gasteiger partial charge in [0.25, 0.3) is 11.8 Å². The molecule has 1 N–H and O–H groups in total. The average molecular weight is 347 g/mol. The smallest absolute Gasteiger partial charge is 0.261 e. The zero-order valence-corrected chi connectivity index (χ0v) is 15.3. The molecule has 0 fully saturated rings. The third kappa shape index (κ3) is 5.48. The number of hydrogen-bond acceptors (Lipinski definition) is 6. The van der Waals surface area contributed by atoms with E-state index in [1.165, 1.54) is 6.20 Å². The van der Waals surface area contributed by atoms with Gasteiger partial charge in [-0.1, -0.05) is 13.8 Å². The zero-order chi connectivity index (χ0) is 18.4. The molecular weight excluding hydrogens is 322 g/mol. The minimum atomic E-state index is -0.159. The van der Waals surface area contributed by atoms with Crippen molar-refractivity contribution in [2.45, 2.75) is 47.3 Å². The third-order valence-electron chi connectivity index (χ3n) is 3.28. The van der Waals surface area contributed by atoms with Crippen LogP contribution in [0.1, 0.15) is 49.4 Å². The number of pyridine rings is 1. The molecule has 0 saturated heterocycles. The number of carbonyl (C=O) groups excluding carboxylic acids is 1. The molecule has 0 atom stereocenters. The number of rotatable bonds is 8. The summed E-state index contributed by atoms with van der Waals surface area (Å²) < 4.78 is 16.5. The van der Waals surface area contributed by atoms with Crippen molar-refractivity contribution in [2.75, 3.05) is 6.61 Å². The maximum Gasteiger partial charge on any atom is 0.261 e. The van der Waals surface area contributed by atoms with Crippen LogP contribution in [0.15, 0.2) is 22.9 Å². The van der Waals surface area contributed by atoms with E-state index in [0.717, 1.165) is 5.56 Å². The minimum Gasteiger partial charge on any atom is -0.475 e. The van der Waals surface area contributed by atoms with Crippen LogP contribution in [-0.2, 0) is 6.61 Å². The van der Waals surface area contributed by atoms with Crippen molar-refractivity contribution in [2.24, 2.45) is 5.92 Å². The van der Waals surface area contributed by atoms with Gasteiger partial charge < -0.3 is 19.3 Å². The van der Waals surface area contributed by atoms with Crippen molar-refractivity contribution in [3.63, 3.8) is 0 Å². The van der Waals surface area contributed by atoms with Gasteiger partial charge in [-0.05, 0) is 37.9 Å². The van der Waals surface area contributed by atoms with Gasteiger partial charge >= 0.3 is 0 Å². The summed E-state index contributed by atoms with van der Waals surface area (Å²) >= 11 is 0. The molecule has 0 saturated carbocycles. The number of carbonyl (C=O) groups is 1. The van der Waals surface area contributed by atoms with Crippen LogP contribution >= 0.6 is 0 Å². The molecular formula is C18H25N3O4. The van der Waals surface area contributed by atoms with Gasteiger partial charge in [-0.3, -0.25) is 4.79 Å². The van der Waals surface area contributed by atoms with Gasteiger partial charge in [-0.2, -0.15) is 0 Å². The summed E-state index contributed by atoms with van der Waals surface area (Å²) in [6, 6.07) is 3.41. The van der Waals surface area contributed by atoms with Crippen LogP contribution in [0.25, 0.3) is 0 Å².